The van der Waals surface area contributed by atoms with Crippen LogP contribution in [-0.2, 0) is 11.2 Å². The summed E-state index contributed by atoms with van der Waals surface area (Å²) in [6, 6.07) is 7.95. The first kappa shape index (κ1) is 13.5. The quantitative estimate of drug-likeness (QED) is 0.677. The summed E-state index contributed by atoms with van der Waals surface area (Å²) in [5, 5.41) is 20.6. The van der Waals surface area contributed by atoms with Crippen molar-refractivity contribution < 1.29 is 15.0 Å². The van der Waals surface area contributed by atoms with Crippen LogP contribution in [0.5, 0.6) is 0 Å². The molecule has 0 aliphatic heterocycles. The summed E-state index contributed by atoms with van der Waals surface area (Å²) < 4.78 is 0. The lowest BCUT2D eigenvalue weighted by atomic mass is 10.1. The SMILES string of the molecule is CC(CCC(=O)O)Nc1ccc(CCO)cc1. The molecule has 94 valence electrons. The minimum Gasteiger partial charge on any atom is -0.481 e. The van der Waals surface area contributed by atoms with Crippen LogP contribution in [0.25, 0.3) is 0 Å². The molecule has 3 N–H and O–H groups in total. The largest absolute Gasteiger partial charge is 0.481 e. The predicted molar refractivity (Wildman–Crippen MR) is 67.2 cm³/mol. The summed E-state index contributed by atoms with van der Waals surface area (Å²) in [5.41, 5.74) is 2.07. The zero-order chi connectivity index (χ0) is 12.7. The number of carboxylic acids is 1. The van der Waals surface area contributed by atoms with Crippen molar-refractivity contribution in [1.82, 2.24) is 0 Å². The zero-order valence-corrected chi connectivity index (χ0v) is 10.0. The molecule has 0 radical (unpaired) electrons. The van der Waals surface area contributed by atoms with Gasteiger partial charge in [-0.1, -0.05) is 12.1 Å². The first-order chi connectivity index (χ1) is 8.11. The van der Waals surface area contributed by atoms with Gasteiger partial charge in [0.1, 0.15) is 0 Å². The highest BCUT2D eigenvalue weighted by Gasteiger charge is 2.05. The molecule has 4 nitrogen and oxygen atoms in total. The van der Waals surface area contributed by atoms with Gasteiger partial charge < -0.3 is 15.5 Å². The van der Waals surface area contributed by atoms with Crippen LogP contribution < -0.4 is 5.32 Å². The molecule has 0 aromatic heterocycles. The van der Waals surface area contributed by atoms with Crippen LogP contribution in [0.4, 0.5) is 5.69 Å². The van der Waals surface area contributed by atoms with E-state index in [1.807, 2.05) is 31.2 Å². The van der Waals surface area contributed by atoms with Gasteiger partial charge in [0.05, 0.1) is 0 Å². The first-order valence-electron chi connectivity index (χ1n) is 5.80. The third-order valence-corrected chi connectivity index (χ3v) is 2.56. The van der Waals surface area contributed by atoms with Crippen molar-refractivity contribution in [3.8, 4) is 0 Å². The highest BCUT2D eigenvalue weighted by Crippen LogP contribution is 2.12. The summed E-state index contributed by atoms with van der Waals surface area (Å²) in [5.74, 6) is -0.767. The molecule has 0 spiro atoms. The summed E-state index contributed by atoms with van der Waals surface area (Å²) in [4.78, 5) is 10.4. The standard InChI is InChI=1S/C13H19NO3/c1-10(2-7-13(16)17)14-12-5-3-11(4-6-12)8-9-15/h3-6,10,14-15H,2,7-9H2,1H3,(H,16,17). The van der Waals surface area contributed by atoms with E-state index in [0.29, 0.717) is 12.8 Å². The molecule has 1 rings (SSSR count). The molecule has 1 unspecified atom stereocenters. The Morgan fingerprint density at radius 3 is 2.53 bits per heavy atom. The molecule has 0 bridgehead atoms. The van der Waals surface area contributed by atoms with Crippen LogP contribution in [0.15, 0.2) is 24.3 Å². The van der Waals surface area contributed by atoms with Gasteiger partial charge in [0, 0.05) is 24.8 Å². The average Bonchev–Trinajstić information content (AvgIpc) is 2.29. The van der Waals surface area contributed by atoms with Crippen LogP contribution in [0, 0.1) is 0 Å². The van der Waals surface area contributed by atoms with Gasteiger partial charge in [-0.25, -0.2) is 0 Å². The van der Waals surface area contributed by atoms with E-state index in [4.69, 9.17) is 10.2 Å². The molecule has 4 heteroatoms. The minimum absolute atomic E-state index is 0.134. The van der Waals surface area contributed by atoms with E-state index in [1.54, 1.807) is 0 Å². The van der Waals surface area contributed by atoms with Gasteiger partial charge in [-0.2, -0.15) is 0 Å². The fraction of sp³-hybridized carbons (Fsp3) is 0.462. The van der Waals surface area contributed by atoms with Gasteiger partial charge in [0.2, 0.25) is 0 Å². The fourth-order valence-corrected chi connectivity index (χ4v) is 1.59. The van der Waals surface area contributed by atoms with Crippen molar-refractivity contribution in [2.45, 2.75) is 32.2 Å². The molecule has 1 aromatic carbocycles. The Balaban J connectivity index is 2.42. The van der Waals surface area contributed by atoms with E-state index in [9.17, 15) is 4.79 Å². The number of benzene rings is 1. The summed E-state index contributed by atoms with van der Waals surface area (Å²) in [7, 11) is 0. The Morgan fingerprint density at radius 1 is 1.35 bits per heavy atom. The number of aliphatic hydroxyl groups is 1. The van der Waals surface area contributed by atoms with E-state index in [0.717, 1.165) is 11.3 Å². The van der Waals surface area contributed by atoms with Crippen molar-refractivity contribution in [3.05, 3.63) is 29.8 Å². The molecule has 0 aliphatic carbocycles. The van der Waals surface area contributed by atoms with Crippen molar-refractivity contribution in [2.24, 2.45) is 0 Å². The number of carboxylic acid groups (broad SMARTS) is 1. The van der Waals surface area contributed by atoms with E-state index in [2.05, 4.69) is 5.32 Å². The number of carbonyl (C=O) groups is 1. The number of hydrogen-bond donors (Lipinski definition) is 3. The molecule has 0 saturated heterocycles. The number of anilines is 1. The summed E-state index contributed by atoms with van der Waals surface area (Å²) >= 11 is 0. The Labute approximate surface area is 101 Å². The van der Waals surface area contributed by atoms with Gasteiger partial charge in [0.15, 0.2) is 0 Å². The minimum atomic E-state index is -0.767. The van der Waals surface area contributed by atoms with E-state index in [-0.39, 0.29) is 19.1 Å². The Kier molecular flexibility index (Phi) is 5.49. The second kappa shape index (κ2) is 6.91. The van der Waals surface area contributed by atoms with E-state index in [1.165, 1.54) is 0 Å². The van der Waals surface area contributed by atoms with Crippen molar-refractivity contribution in [2.75, 3.05) is 11.9 Å². The first-order valence-corrected chi connectivity index (χ1v) is 5.80. The number of hydrogen-bond acceptors (Lipinski definition) is 3. The maximum Gasteiger partial charge on any atom is 0.303 e. The molecule has 0 amide bonds. The van der Waals surface area contributed by atoms with Crippen molar-refractivity contribution >= 4 is 11.7 Å². The molecule has 17 heavy (non-hydrogen) atoms. The third-order valence-electron chi connectivity index (χ3n) is 2.56. The maximum absolute atomic E-state index is 10.4. The Hall–Kier alpha value is -1.55. The second-order valence-electron chi connectivity index (χ2n) is 4.15. The molecule has 0 saturated carbocycles. The molecular formula is C13H19NO3. The monoisotopic (exact) mass is 237 g/mol. The fourth-order valence-electron chi connectivity index (χ4n) is 1.59. The maximum atomic E-state index is 10.4. The van der Waals surface area contributed by atoms with Crippen LogP contribution in [-0.4, -0.2) is 28.8 Å². The van der Waals surface area contributed by atoms with Crippen molar-refractivity contribution in [3.63, 3.8) is 0 Å². The number of aliphatic hydroxyl groups excluding tert-OH is 1. The lowest BCUT2D eigenvalue weighted by Crippen LogP contribution is -2.16. The van der Waals surface area contributed by atoms with Crippen LogP contribution in [0.2, 0.25) is 0 Å². The van der Waals surface area contributed by atoms with Crippen molar-refractivity contribution in [1.29, 1.82) is 0 Å². The lowest BCUT2D eigenvalue weighted by molar-refractivity contribution is -0.137. The molecule has 1 aromatic rings. The van der Waals surface area contributed by atoms with Crippen LogP contribution in [0.1, 0.15) is 25.3 Å². The number of aliphatic carboxylic acids is 1. The highest BCUT2D eigenvalue weighted by atomic mass is 16.4. The van der Waals surface area contributed by atoms with Gasteiger partial charge >= 0.3 is 5.97 Å². The Morgan fingerprint density at radius 2 is 2.00 bits per heavy atom. The Bertz CT molecular complexity index is 348. The van der Waals surface area contributed by atoms with Gasteiger partial charge in [0.25, 0.3) is 0 Å². The average molecular weight is 237 g/mol. The van der Waals surface area contributed by atoms with E-state index >= 15 is 0 Å². The second-order valence-corrected chi connectivity index (χ2v) is 4.15. The third kappa shape index (κ3) is 5.36. The zero-order valence-electron chi connectivity index (χ0n) is 10.0. The smallest absolute Gasteiger partial charge is 0.303 e. The van der Waals surface area contributed by atoms with Crippen LogP contribution in [0.3, 0.4) is 0 Å². The summed E-state index contributed by atoms with van der Waals surface area (Å²) in [6.45, 7) is 2.12. The van der Waals surface area contributed by atoms with Gasteiger partial charge in [-0.3, -0.25) is 4.79 Å². The number of nitrogens with one attached hydrogen (secondary N) is 1. The molecule has 0 aliphatic rings. The number of rotatable bonds is 7. The van der Waals surface area contributed by atoms with Gasteiger partial charge in [-0.15, -0.1) is 0 Å². The molecule has 1 atom stereocenters. The topological polar surface area (TPSA) is 69.6 Å². The van der Waals surface area contributed by atoms with Crippen LogP contribution >= 0.6 is 0 Å². The molecule has 0 fully saturated rings. The summed E-state index contributed by atoms with van der Waals surface area (Å²) in [6.07, 6.45) is 1.44. The van der Waals surface area contributed by atoms with E-state index < -0.39 is 5.97 Å². The predicted octanol–water partition coefficient (Wildman–Crippen LogP) is 1.89. The molecular weight excluding hydrogens is 218 g/mol. The van der Waals surface area contributed by atoms with Gasteiger partial charge in [-0.05, 0) is 37.5 Å². The highest BCUT2D eigenvalue weighted by molar-refractivity contribution is 5.66. The molecule has 0 heterocycles. The normalized spacial score (nSPS) is 12.1. The lowest BCUT2D eigenvalue weighted by Gasteiger charge is -2.14.